The number of nitrogens with two attached hydrogens (primary N) is 1. The summed E-state index contributed by atoms with van der Waals surface area (Å²) in [5.74, 6) is -0.295. The van der Waals surface area contributed by atoms with E-state index in [-0.39, 0.29) is 5.97 Å². The van der Waals surface area contributed by atoms with Gasteiger partial charge < -0.3 is 10.5 Å². The first-order valence-electron chi connectivity index (χ1n) is 7.43. The summed E-state index contributed by atoms with van der Waals surface area (Å²) in [6, 6.07) is 19.8. The summed E-state index contributed by atoms with van der Waals surface area (Å²) in [5.41, 5.74) is 8.94. The van der Waals surface area contributed by atoms with E-state index in [0.29, 0.717) is 25.1 Å². The van der Waals surface area contributed by atoms with Crippen molar-refractivity contribution in [2.45, 2.75) is 13.3 Å². The maximum atomic E-state index is 12.3. The van der Waals surface area contributed by atoms with Gasteiger partial charge in [-0.2, -0.15) is 0 Å². The lowest BCUT2D eigenvalue weighted by atomic mass is 9.93. The first kappa shape index (κ1) is 16.0. The van der Waals surface area contributed by atoms with Crippen LogP contribution in [0.4, 0.5) is 0 Å². The van der Waals surface area contributed by atoms with Crippen LogP contribution in [0.2, 0.25) is 0 Å². The van der Waals surface area contributed by atoms with Crippen molar-refractivity contribution in [3.8, 4) is 0 Å². The highest BCUT2D eigenvalue weighted by Crippen LogP contribution is 2.27. The molecule has 3 heteroatoms. The molecule has 2 aromatic carbocycles. The van der Waals surface area contributed by atoms with E-state index in [1.807, 2.05) is 60.7 Å². The molecule has 0 radical (unpaired) electrons. The van der Waals surface area contributed by atoms with Crippen LogP contribution < -0.4 is 5.73 Å². The van der Waals surface area contributed by atoms with Crippen LogP contribution in [-0.2, 0) is 9.53 Å². The number of hydrogen-bond donors (Lipinski definition) is 1. The Kier molecular flexibility index (Phi) is 5.92. The van der Waals surface area contributed by atoms with Crippen LogP contribution >= 0.6 is 0 Å². The quantitative estimate of drug-likeness (QED) is 0.505. The predicted octanol–water partition coefficient (Wildman–Crippen LogP) is 3.40. The van der Waals surface area contributed by atoms with Crippen molar-refractivity contribution in [3.63, 3.8) is 0 Å². The Morgan fingerprint density at radius 1 is 0.955 bits per heavy atom. The first-order chi connectivity index (χ1) is 10.7. The Balaban J connectivity index is 2.40. The van der Waals surface area contributed by atoms with Crippen LogP contribution in [0.5, 0.6) is 0 Å². The average molecular weight is 295 g/mol. The normalized spacial score (nSPS) is 10.1. The first-order valence-corrected chi connectivity index (χ1v) is 7.43. The summed E-state index contributed by atoms with van der Waals surface area (Å²) in [7, 11) is 0. The fourth-order valence-corrected chi connectivity index (χ4v) is 2.27. The lowest BCUT2D eigenvalue weighted by Crippen LogP contribution is -2.12. The zero-order chi connectivity index (χ0) is 15.8. The highest BCUT2D eigenvalue weighted by Gasteiger charge is 2.15. The third-order valence-electron chi connectivity index (χ3n) is 3.39. The van der Waals surface area contributed by atoms with E-state index in [4.69, 9.17) is 10.5 Å². The van der Waals surface area contributed by atoms with Crippen molar-refractivity contribution in [3.05, 3.63) is 77.4 Å². The van der Waals surface area contributed by atoms with E-state index >= 15 is 0 Å². The highest BCUT2D eigenvalue weighted by atomic mass is 16.5. The third-order valence-corrected chi connectivity index (χ3v) is 3.39. The third kappa shape index (κ3) is 4.06. The zero-order valence-corrected chi connectivity index (χ0v) is 12.8. The van der Waals surface area contributed by atoms with Gasteiger partial charge in [0.25, 0.3) is 0 Å². The van der Waals surface area contributed by atoms with Crippen LogP contribution in [-0.4, -0.2) is 19.1 Å². The van der Waals surface area contributed by atoms with Crippen LogP contribution in [0, 0.1) is 0 Å². The van der Waals surface area contributed by atoms with Crippen molar-refractivity contribution < 1.29 is 9.53 Å². The van der Waals surface area contributed by atoms with Crippen molar-refractivity contribution in [2.75, 3.05) is 13.2 Å². The number of carbonyl (C=O) groups excluding carboxylic acids is 1. The summed E-state index contributed by atoms with van der Waals surface area (Å²) >= 11 is 0. The molecule has 0 spiro atoms. The van der Waals surface area contributed by atoms with Crippen LogP contribution in [0.3, 0.4) is 0 Å². The lowest BCUT2D eigenvalue weighted by Gasteiger charge is -2.13. The van der Waals surface area contributed by atoms with E-state index in [2.05, 4.69) is 0 Å². The van der Waals surface area contributed by atoms with E-state index in [0.717, 1.165) is 16.7 Å². The molecule has 0 aliphatic carbocycles. The summed E-state index contributed by atoms with van der Waals surface area (Å²) < 4.78 is 5.29. The molecule has 0 bridgehead atoms. The molecule has 0 fully saturated rings. The van der Waals surface area contributed by atoms with Gasteiger partial charge in [-0.1, -0.05) is 60.7 Å². The minimum atomic E-state index is -0.295. The molecule has 2 rings (SSSR count). The van der Waals surface area contributed by atoms with Gasteiger partial charge in [-0.05, 0) is 36.6 Å². The van der Waals surface area contributed by atoms with E-state index < -0.39 is 0 Å². The molecule has 0 atom stereocenters. The monoisotopic (exact) mass is 295 g/mol. The molecule has 0 saturated heterocycles. The van der Waals surface area contributed by atoms with Crippen molar-refractivity contribution in [1.82, 2.24) is 0 Å². The van der Waals surface area contributed by atoms with Gasteiger partial charge in [0.2, 0.25) is 0 Å². The van der Waals surface area contributed by atoms with E-state index in [1.165, 1.54) is 0 Å². The fourth-order valence-electron chi connectivity index (χ4n) is 2.27. The molecule has 0 aliphatic rings. The van der Waals surface area contributed by atoms with Gasteiger partial charge in [-0.3, -0.25) is 0 Å². The largest absolute Gasteiger partial charge is 0.462 e. The SMILES string of the molecule is CC(C(=O)OCCCN)=C(c1ccccc1)c1ccccc1. The lowest BCUT2D eigenvalue weighted by molar-refractivity contribution is -0.138. The minimum absolute atomic E-state index is 0.295. The zero-order valence-electron chi connectivity index (χ0n) is 12.8. The Labute approximate surface area is 131 Å². The van der Waals surface area contributed by atoms with E-state index in [1.54, 1.807) is 6.92 Å². The second-order valence-electron chi connectivity index (χ2n) is 5.01. The second kappa shape index (κ2) is 8.15. The second-order valence-corrected chi connectivity index (χ2v) is 5.01. The standard InChI is InChI=1S/C19H21NO2/c1-15(19(21)22-14-8-13-20)18(16-9-4-2-5-10-16)17-11-6-3-7-12-17/h2-7,9-12H,8,13-14,20H2,1H3. The Bertz CT molecular complexity index is 591. The molecule has 0 aromatic heterocycles. The van der Waals surface area contributed by atoms with Crippen molar-refractivity contribution in [2.24, 2.45) is 5.73 Å². The topological polar surface area (TPSA) is 52.3 Å². The van der Waals surface area contributed by atoms with Gasteiger partial charge in [0.05, 0.1) is 6.61 Å². The molecule has 114 valence electrons. The predicted molar refractivity (Wildman–Crippen MR) is 89.2 cm³/mol. The van der Waals surface area contributed by atoms with Crippen LogP contribution in [0.15, 0.2) is 66.2 Å². The Morgan fingerprint density at radius 2 is 1.45 bits per heavy atom. The molecule has 0 amide bonds. The molecule has 3 nitrogen and oxygen atoms in total. The van der Waals surface area contributed by atoms with Gasteiger partial charge >= 0.3 is 5.97 Å². The fraction of sp³-hybridized carbons (Fsp3) is 0.211. The number of benzene rings is 2. The minimum Gasteiger partial charge on any atom is -0.462 e. The number of ether oxygens (including phenoxy) is 1. The molecule has 2 N–H and O–H groups in total. The Morgan fingerprint density at radius 3 is 1.91 bits per heavy atom. The van der Waals surface area contributed by atoms with Gasteiger partial charge in [-0.15, -0.1) is 0 Å². The molecule has 0 unspecified atom stereocenters. The molecule has 2 aromatic rings. The maximum absolute atomic E-state index is 12.3. The van der Waals surface area contributed by atoms with Crippen molar-refractivity contribution >= 4 is 11.5 Å². The number of rotatable bonds is 6. The van der Waals surface area contributed by atoms with Crippen LogP contribution in [0.1, 0.15) is 24.5 Å². The molecular formula is C19H21NO2. The van der Waals surface area contributed by atoms with Gasteiger partial charge in [0.15, 0.2) is 0 Å². The van der Waals surface area contributed by atoms with Gasteiger partial charge in [-0.25, -0.2) is 4.79 Å². The van der Waals surface area contributed by atoms with E-state index in [9.17, 15) is 4.79 Å². The summed E-state index contributed by atoms with van der Waals surface area (Å²) in [6.45, 7) is 2.67. The smallest absolute Gasteiger partial charge is 0.334 e. The summed E-state index contributed by atoms with van der Waals surface area (Å²) in [6.07, 6.45) is 0.672. The van der Waals surface area contributed by atoms with Gasteiger partial charge in [0.1, 0.15) is 0 Å². The number of esters is 1. The van der Waals surface area contributed by atoms with Crippen molar-refractivity contribution in [1.29, 1.82) is 0 Å². The van der Waals surface area contributed by atoms with Gasteiger partial charge in [0, 0.05) is 5.57 Å². The molecular weight excluding hydrogens is 274 g/mol. The highest BCUT2D eigenvalue weighted by molar-refractivity contribution is 6.01. The summed E-state index contributed by atoms with van der Waals surface area (Å²) in [4.78, 5) is 12.3. The molecule has 0 saturated carbocycles. The molecule has 22 heavy (non-hydrogen) atoms. The molecule has 0 heterocycles. The Hall–Kier alpha value is -2.39. The molecule has 0 aliphatic heterocycles. The number of hydrogen-bond acceptors (Lipinski definition) is 3. The van der Waals surface area contributed by atoms with Crippen LogP contribution in [0.25, 0.3) is 5.57 Å². The summed E-state index contributed by atoms with van der Waals surface area (Å²) in [5, 5.41) is 0. The average Bonchev–Trinajstić information content (AvgIpc) is 2.57. The number of carbonyl (C=O) groups is 1. The maximum Gasteiger partial charge on any atom is 0.334 e.